The molecule has 0 bridgehead atoms. The number of sulfonamides is 1. The molecule has 0 spiro atoms. The van der Waals surface area contributed by atoms with E-state index in [0.717, 1.165) is 49.7 Å². The zero-order valence-electron chi connectivity index (χ0n) is 14.1. The lowest BCUT2D eigenvalue weighted by Crippen LogP contribution is -2.40. The number of aromatic amines is 1. The second kappa shape index (κ2) is 7.08. The Morgan fingerprint density at radius 2 is 2.25 bits per heavy atom. The van der Waals surface area contributed by atoms with E-state index in [-0.39, 0.29) is 0 Å². The van der Waals surface area contributed by atoms with Gasteiger partial charge in [-0.05, 0) is 43.5 Å². The highest BCUT2D eigenvalue weighted by Crippen LogP contribution is 2.23. The summed E-state index contributed by atoms with van der Waals surface area (Å²) in [6.07, 6.45) is 5.10. The van der Waals surface area contributed by atoms with Crippen molar-refractivity contribution in [2.45, 2.75) is 19.4 Å². The molecule has 2 aromatic rings. The van der Waals surface area contributed by atoms with E-state index in [9.17, 15) is 8.42 Å². The molecule has 24 heavy (non-hydrogen) atoms. The first-order valence-corrected chi connectivity index (χ1v) is 9.99. The maximum absolute atomic E-state index is 11.6. The molecular weight excluding hydrogens is 328 g/mol. The zero-order valence-corrected chi connectivity index (χ0v) is 14.9. The van der Waals surface area contributed by atoms with Crippen LogP contribution in [0.15, 0.2) is 28.8 Å². The summed E-state index contributed by atoms with van der Waals surface area (Å²) in [5.74, 6) is 2.06. The van der Waals surface area contributed by atoms with Crippen molar-refractivity contribution < 1.29 is 12.8 Å². The van der Waals surface area contributed by atoms with E-state index in [2.05, 4.69) is 15.1 Å². The number of aromatic nitrogens is 2. The van der Waals surface area contributed by atoms with Crippen molar-refractivity contribution in [3.63, 3.8) is 0 Å². The van der Waals surface area contributed by atoms with Crippen LogP contribution in [0, 0.1) is 5.92 Å². The van der Waals surface area contributed by atoms with Crippen molar-refractivity contribution >= 4 is 10.0 Å². The molecule has 1 aliphatic heterocycles. The SMILES string of the molecule is CN(CC1CCCN(Cc2ccc(-c3ccn[nH]3)o2)C1)S(C)(=O)=O. The molecule has 0 aromatic carbocycles. The minimum Gasteiger partial charge on any atom is -0.458 e. The van der Waals surface area contributed by atoms with Gasteiger partial charge in [0.15, 0.2) is 5.76 Å². The van der Waals surface area contributed by atoms with E-state index in [1.54, 1.807) is 13.2 Å². The number of nitrogens with one attached hydrogen (secondary N) is 1. The third kappa shape index (κ3) is 4.25. The van der Waals surface area contributed by atoms with Gasteiger partial charge in [-0.3, -0.25) is 10.00 Å². The quantitative estimate of drug-likeness (QED) is 0.857. The van der Waals surface area contributed by atoms with Crippen molar-refractivity contribution in [2.75, 3.05) is 32.9 Å². The van der Waals surface area contributed by atoms with Crippen LogP contribution in [0.25, 0.3) is 11.5 Å². The Balaban J connectivity index is 1.58. The van der Waals surface area contributed by atoms with Crippen molar-refractivity contribution in [1.82, 2.24) is 19.4 Å². The fourth-order valence-electron chi connectivity index (χ4n) is 3.16. The number of hydrogen-bond donors (Lipinski definition) is 1. The minimum absolute atomic E-state index is 0.362. The second-order valence-corrected chi connectivity index (χ2v) is 8.61. The Morgan fingerprint density at radius 1 is 1.42 bits per heavy atom. The summed E-state index contributed by atoms with van der Waals surface area (Å²) in [6.45, 7) is 3.22. The maximum Gasteiger partial charge on any atom is 0.210 e. The first-order valence-electron chi connectivity index (χ1n) is 8.14. The van der Waals surface area contributed by atoms with Crippen molar-refractivity contribution in [3.05, 3.63) is 30.2 Å². The van der Waals surface area contributed by atoms with E-state index in [1.165, 1.54) is 10.6 Å². The molecule has 1 N–H and O–H groups in total. The first-order chi connectivity index (χ1) is 11.4. The maximum atomic E-state index is 11.6. The Hall–Kier alpha value is -1.64. The molecule has 0 aliphatic carbocycles. The standard InChI is InChI=1S/C16H24N4O3S/c1-19(24(2,21)22)10-13-4-3-9-20(11-13)12-14-5-6-16(23-14)15-7-8-17-18-15/h5-8,13H,3-4,9-12H2,1-2H3,(H,17,18). The van der Waals surface area contributed by atoms with Gasteiger partial charge in [0.25, 0.3) is 0 Å². The van der Waals surface area contributed by atoms with Crippen LogP contribution in [0.4, 0.5) is 0 Å². The van der Waals surface area contributed by atoms with E-state index >= 15 is 0 Å². The van der Waals surface area contributed by atoms with Gasteiger partial charge in [0.1, 0.15) is 11.5 Å². The number of hydrogen-bond acceptors (Lipinski definition) is 5. The van der Waals surface area contributed by atoms with Crippen LogP contribution < -0.4 is 0 Å². The molecule has 2 aromatic heterocycles. The van der Waals surface area contributed by atoms with Gasteiger partial charge in [0.05, 0.1) is 12.8 Å². The van der Waals surface area contributed by atoms with Gasteiger partial charge in [-0.2, -0.15) is 5.10 Å². The first kappa shape index (κ1) is 17.2. The molecule has 8 heteroatoms. The number of likely N-dealkylation sites (tertiary alicyclic amines) is 1. The van der Waals surface area contributed by atoms with Crippen LogP contribution in [0.1, 0.15) is 18.6 Å². The third-order valence-corrected chi connectivity index (χ3v) is 5.77. The molecule has 3 heterocycles. The molecule has 7 nitrogen and oxygen atoms in total. The summed E-state index contributed by atoms with van der Waals surface area (Å²) in [7, 11) is -1.46. The normalized spacial score (nSPS) is 19.9. The second-order valence-electron chi connectivity index (χ2n) is 6.52. The van der Waals surface area contributed by atoms with Gasteiger partial charge in [0.2, 0.25) is 10.0 Å². The van der Waals surface area contributed by atoms with E-state index < -0.39 is 10.0 Å². The van der Waals surface area contributed by atoms with Crippen molar-refractivity contribution in [3.8, 4) is 11.5 Å². The highest BCUT2D eigenvalue weighted by atomic mass is 32.2. The van der Waals surface area contributed by atoms with E-state index in [1.807, 2.05) is 18.2 Å². The highest BCUT2D eigenvalue weighted by Gasteiger charge is 2.24. The molecule has 0 amide bonds. The summed E-state index contributed by atoms with van der Waals surface area (Å²) >= 11 is 0. The highest BCUT2D eigenvalue weighted by molar-refractivity contribution is 7.88. The third-order valence-electron chi connectivity index (χ3n) is 4.49. The van der Waals surface area contributed by atoms with Crippen LogP contribution in [0.5, 0.6) is 0 Å². The lowest BCUT2D eigenvalue weighted by atomic mass is 9.98. The topological polar surface area (TPSA) is 82.4 Å². The number of H-pyrrole nitrogens is 1. The predicted molar refractivity (Wildman–Crippen MR) is 91.8 cm³/mol. The average molecular weight is 352 g/mol. The molecule has 1 fully saturated rings. The lowest BCUT2D eigenvalue weighted by molar-refractivity contribution is 0.146. The molecule has 0 radical (unpaired) electrons. The summed E-state index contributed by atoms with van der Waals surface area (Å²) in [6, 6.07) is 5.81. The molecule has 132 valence electrons. The summed E-state index contributed by atoms with van der Waals surface area (Å²) in [5.41, 5.74) is 0.868. The van der Waals surface area contributed by atoms with Crippen molar-refractivity contribution in [1.29, 1.82) is 0 Å². The number of nitrogens with zero attached hydrogens (tertiary/aromatic N) is 3. The van der Waals surface area contributed by atoms with Gasteiger partial charge in [-0.25, -0.2) is 12.7 Å². The van der Waals surface area contributed by atoms with Crippen LogP contribution in [0.2, 0.25) is 0 Å². The number of piperidine rings is 1. The Labute approximate surface area is 142 Å². The van der Waals surface area contributed by atoms with Gasteiger partial charge in [0, 0.05) is 26.3 Å². The summed E-state index contributed by atoms with van der Waals surface area (Å²) < 4.78 is 30.5. The fourth-order valence-corrected chi connectivity index (χ4v) is 3.65. The molecule has 1 saturated heterocycles. The van der Waals surface area contributed by atoms with Gasteiger partial charge < -0.3 is 4.42 Å². The Morgan fingerprint density at radius 3 is 2.96 bits per heavy atom. The van der Waals surface area contributed by atoms with Crippen molar-refractivity contribution in [2.24, 2.45) is 5.92 Å². The van der Waals surface area contributed by atoms with Crippen LogP contribution in [0.3, 0.4) is 0 Å². The fraction of sp³-hybridized carbons (Fsp3) is 0.562. The molecule has 0 saturated carbocycles. The Bertz CT molecular complexity index is 754. The Kier molecular flexibility index (Phi) is 5.07. The van der Waals surface area contributed by atoms with E-state index in [4.69, 9.17) is 4.42 Å². The predicted octanol–water partition coefficient (Wildman–Crippen LogP) is 1.77. The minimum atomic E-state index is -3.11. The average Bonchev–Trinajstić information content (AvgIpc) is 3.17. The number of rotatable bonds is 6. The molecule has 3 rings (SSSR count). The smallest absolute Gasteiger partial charge is 0.210 e. The monoisotopic (exact) mass is 352 g/mol. The summed E-state index contributed by atoms with van der Waals surface area (Å²) in [4.78, 5) is 2.33. The molecular formula is C16H24N4O3S. The molecule has 1 aliphatic rings. The van der Waals surface area contributed by atoms with Crippen LogP contribution in [-0.4, -0.2) is 60.8 Å². The summed E-state index contributed by atoms with van der Waals surface area (Å²) in [5, 5.41) is 6.83. The van der Waals surface area contributed by atoms with Gasteiger partial charge >= 0.3 is 0 Å². The number of furan rings is 1. The molecule has 1 unspecified atom stereocenters. The van der Waals surface area contributed by atoms with Crippen LogP contribution in [-0.2, 0) is 16.6 Å². The largest absolute Gasteiger partial charge is 0.458 e. The van der Waals surface area contributed by atoms with Crippen LogP contribution >= 0.6 is 0 Å². The van der Waals surface area contributed by atoms with Gasteiger partial charge in [-0.15, -0.1) is 0 Å². The lowest BCUT2D eigenvalue weighted by Gasteiger charge is -2.33. The van der Waals surface area contributed by atoms with Gasteiger partial charge in [-0.1, -0.05) is 0 Å². The zero-order chi connectivity index (χ0) is 17.2. The van der Waals surface area contributed by atoms with E-state index in [0.29, 0.717) is 12.5 Å². The molecule has 1 atom stereocenters.